The number of carbonyl (C=O) groups excluding carboxylic acids is 1. The van der Waals surface area contributed by atoms with Gasteiger partial charge in [-0.15, -0.1) is 0 Å². The first kappa shape index (κ1) is 15.2. The monoisotopic (exact) mass is 331 g/mol. The molecule has 0 atom stereocenters. The van der Waals surface area contributed by atoms with Crippen LogP contribution < -0.4 is 10.6 Å². The van der Waals surface area contributed by atoms with Crippen LogP contribution in [0.5, 0.6) is 0 Å². The third-order valence-corrected chi connectivity index (χ3v) is 4.38. The summed E-state index contributed by atoms with van der Waals surface area (Å²) in [6.45, 7) is 0.683. The highest BCUT2D eigenvalue weighted by Crippen LogP contribution is 2.37. The highest BCUT2D eigenvalue weighted by molar-refractivity contribution is 6.09. The summed E-state index contributed by atoms with van der Waals surface area (Å²) in [5.74, 6) is -0.000294. The van der Waals surface area contributed by atoms with Gasteiger partial charge in [0.05, 0.1) is 30.6 Å². The second-order valence-electron chi connectivity index (χ2n) is 5.89. The van der Waals surface area contributed by atoms with Crippen molar-refractivity contribution in [3.05, 3.63) is 71.8 Å². The van der Waals surface area contributed by atoms with Gasteiger partial charge in [-0.2, -0.15) is 0 Å². The fraction of sp³-hybridized carbons (Fsp3) is 0.100. The summed E-state index contributed by atoms with van der Waals surface area (Å²) in [6.07, 6.45) is 0. The SMILES string of the molecule is COC(=O)c1cccc(N=C(N)N2Cc3cccc4cccc2c34)c1. The summed E-state index contributed by atoms with van der Waals surface area (Å²) in [5.41, 5.74) is 9.63. The summed E-state index contributed by atoms with van der Waals surface area (Å²) >= 11 is 0. The first-order chi connectivity index (χ1) is 12.2. The maximum Gasteiger partial charge on any atom is 0.337 e. The van der Waals surface area contributed by atoms with E-state index in [-0.39, 0.29) is 0 Å². The second-order valence-corrected chi connectivity index (χ2v) is 5.89. The molecule has 0 fully saturated rings. The molecule has 5 nitrogen and oxygen atoms in total. The minimum atomic E-state index is -0.394. The summed E-state index contributed by atoms with van der Waals surface area (Å²) in [7, 11) is 1.36. The van der Waals surface area contributed by atoms with Crippen molar-refractivity contribution < 1.29 is 9.53 Å². The predicted octanol–water partition coefficient (Wildman–Crippen LogP) is 3.59. The van der Waals surface area contributed by atoms with Gasteiger partial charge >= 0.3 is 5.97 Å². The van der Waals surface area contributed by atoms with Crippen LogP contribution in [0.15, 0.2) is 65.7 Å². The third kappa shape index (κ3) is 2.59. The van der Waals surface area contributed by atoms with E-state index >= 15 is 0 Å². The van der Waals surface area contributed by atoms with Crippen LogP contribution in [0.3, 0.4) is 0 Å². The number of nitrogens with zero attached hydrogens (tertiary/aromatic N) is 2. The molecular weight excluding hydrogens is 314 g/mol. The van der Waals surface area contributed by atoms with E-state index in [1.807, 2.05) is 23.1 Å². The van der Waals surface area contributed by atoms with E-state index in [0.717, 1.165) is 5.69 Å². The average Bonchev–Trinajstić information content (AvgIpc) is 3.02. The first-order valence-corrected chi connectivity index (χ1v) is 7.98. The van der Waals surface area contributed by atoms with Crippen LogP contribution in [0.2, 0.25) is 0 Å². The molecule has 3 aromatic carbocycles. The Kier molecular flexibility index (Phi) is 3.61. The van der Waals surface area contributed by atoms with E-state index in [4.69, 9.17) is 10.5 Å². The van der Waals surface area contributed by atoms with E-state index < -0.39 is 5.97 Å². The summed E-state index contributed by atoms with van der Waals surface area (Å²) in [6, 6.07) is 19.3. The molecule has 0 aromatic heterocycles. The predicted molar refractivity (Wildman–Crippen MR) is 99.2 cm³/mol. The van der Waals surface area contributed by atoms with Gasteiger partial charge in [-0.1, -0.05) is 36.4 Å². The van der Waals surface area contributed by atoms with E-state index in [9.17, 15) is 4.79 Å². The quantitative estimate of drug-likeness (QED) is 0.443. The smallest absolute Gasteiger partial charge is 0.337 e. The molecule has 0 aliphatic carbocycles. The molecule has 0 spiro atoms. The molecule has 0 radical (unpaired) electrons. The Morgan fingerprint density at radius 3 is 2.68 bits per heavy atom. The van der Waals surface area contributed by atoms with Crippen LogP contribution in [-0.2, 0) is 11.3 Å². The number of hydrogen-bond acceptors (Lipinski definition) is 3. The van der Waals surface area contributed by atoms with Gasteiger partial charge in [0.15, 0.2) is 0 Å². The van der Waals surface area contributed by atoms with Gasteiger partial charge in [-0.3, -0.25) is 0 Å². The minimum Gasteiger partial charge on any atom is -0.465 e. The minimum absolute atomic E-state index is 0.394. The molecule has 0 saturated carbocycles. The number of hydrogen-bond donors (Lipinski definition) is 1. The fourth-order valence-corrected chi connectivity index (χ4v) is 3.23. The molecule has 0 amide bonds. The number of esters is 1. The Bertz CT molecular complexity index is 1010. The van der Waals surface area contributed by atoms with E-state index in [0.29, 0.717) is 23.8 Å². The van der Waals surface area contributed by atoms with Gasteiger partial charge in [0.25, 0.3) is 0 Å². The van der Waals surface area contributed by atoms with Crippen molar-refractivity contribution in [2.24, 2.45) is 10.7 Å². The number of methoxy groups -OCH3 is 1. The summed E-state index contributed by atoms with van der Waals surface area (Å²) in [4.78, 5) is 18.2. The highest BCUT2D eigenvalue weighted by Gasteiger charge is 2.23. The molecule has 0 bridgehead atoms. The largest absolute Gasteiger partial charge is 0.465 e. The fourth-order valence-electron chi connectivity index (χ4n) is 3.23. The number of anilines is 1. The van der Waals surface area contributed by atoms with Crippen LogP contribution in [0, 0.1) is 0 Å². The molecule has 1 aliphatic rings. The molecular formula is C20H17N3O2. The number of benzene rings is 3. The standard InChI is InChI=1S/C20H17N3O2/c1-25-19(24)14-7-3-9-16(11-14)22-20(21)23-12-15-8-2-5-13-6-4-10-17(23)18(13)15/h2-11H,12H2,1H3,(H2,21,22). The topological polar surface area (TPSA) is 67.9 Å². The molecule has 2 N–H and O–H groups in total. The zero-order valence-electron chi connectivity index (χ0n) is 13.8. The van der Waals surface area contributed by atoms with Crippen molar-refractivity contribution in [2.45, 2.75) is 6.54 Å². The van der Waals surface area contributed by atoms with Crippen LogP contribution in [0.1, 0.15) is 15.9 Å². The van der Waals surface area contributed by atoms with Gasteiger partial charge in [0.1, 0.15) is 0 Å². The Balaban J connectivity index is 1.71. The van der Waals surface area contributed by atoms with Crippen molar-refractivity contribution in [1.29, 1.82) is 0 Å². The lowest BCUT2D eigenvalue weighted by Crippen LogP contribution is -2.34. The number of carbonyl (C=O) groups is 1. The van der Waals surface area contributed by atoms with Crippen molar-refractivity contribution in [3.63, 3.8) is 0 Å². The van der Waals surface area contributed by atoms with Crippen molar-refractivity contribution in [2.75, 3.05) is 12.0 Å². The summed E-state index contributed by atoms with van der Waals surface area (Å²) < 4.78 is 4.75. The number of rotatable bonds is 2. The Morgan fingerprint density at radius 1 is 1.12 bits per heavy atom. The normalized spacial score (nSPS) is 13.3. The molecule has 0 saturated heterocycles. The van der Waals surface area contributed by atoms with Crippen molar-refractivity contribution >= 4 is 34.1 Å². The maximum absolute atomic E-state index is 11.7. The van der Waals surface area contributed by atoms with E-state index in [2.05, 4.69) is 29.3 Å². The van der Waals surface area contributed by atoms with Crippen molar-refractivity contribution in [3.8, 4) is 0 Å². The summed E-state index contributed by atoms with van der Waals surface area (Å²) in [5, 5.41) is 2.41. The van der Waals surface area contributed by atoms with Crippen LogP contribution in [0.25, 0.3) is 10.8 Å². The van der Waals surface area contributed by atoms with Gasteiger partial charge in [-0.05, 0) is 35.2 Å². The Labute approximate surface area is 145 Å². The lowest BCUT2D eigenvalue weighted by molar-refractivity contribution is 0.0601. The molecule has 1 heterocycles. The average molecular weight is 331 g/mol. The molecule has 5 heteroatoms. The Morgan fingerprint density at radius 2 is 1.88 bits per heavy atom. The number of nitrogens with two attached hydrogens (primary N) is 1. The Hall–Kier alpha value is -3.34. The molecule has 124 valence electrons. The lowest BCUT2D eigenvalue weighted by atomic mass is 10.1. The zero-order chi connectivity index (χ0) is 17.4. The van der Waals surface area contributed by atoms with Crippen LogP contribution in [-0.4, -0.2) is 19.0 Å². The van der Waals surface area contributed by atoms with Crippen molar-refractivity contribution in [1.82, 2.24) is 0 Å². The maximum atomic E-state index is 11.7. The molecule has 3 aromatic rings. The highest BCUT2D eigenvalue weighted by atomic mass is 16.5. The number of guanidine groups is 1. The number of aliphatic imine (C=N–C) groups is 1. The zero-order valence-corrected chi connectivity index (χ0v) is 13.8. The van der Waals surface area contributed by atoms with Crippen LogP contribution in [0.4, 0.5) is 11.4 Å². The van der Waals surface area contributed by atoms with Gasteiger partial charge in [0.2, 0.25) is 5.96 Å². The van der Waals surface area contributed by atoms with E-state index in [1.165, 1.54) is 23.4 Å². The number of ether oxygens (including phenoxy) is 1. The lowest BCUT2D eigenvalue weighted by Gasteiger charge is -2.18. The molecule has 4 rings (SSSR count). The first-order valence-electron chi connectivity index (χ1n) is 7.98. The van der Waals surface area contributed by atoms with E-state index in [1.54, 1.807) is 18.2 Å². The second kappa shape index (κ2) is 5.94. The molecule has 1 aliphatic heterocycles. The molecule has 0 unspecified atom stereocenters. The van der Waals surface area contributed by atoms with Gasteiger partial charge in [0, 0.05) is 5.39 Å². The molecule has 25 heavy (non-hydrogen) atoms. The van der Waals surface area contributed by atoms with Crippen LogP contribution >= 0.6 is 0 Å². The van der Waals surface area contributed by atoms with Gasteiger partial charge < -0.3 is 15.4 Å². The third-order valence-electron chi connectivity index (χ3n) is 4.38. The van der Waals surface area contributed by atoms with Gasteiger partial charge in [-0.25, -0.2) is 9.79 Å².